The highest BCUT2D eigenvalue weighted by molar-refractivity contribution is 5.91. The molecule has 1 heteroatoms. The lowest BCUT2D eigenvalue weighted by Gasteiger charge is -2.25. The fourth-order valence-corrected chi connectivity index (χ4v) is 5.52. The summed E-state index contributed by atoms with van der Waals surface area (Å²) in [6, 6.07) is 43.8. The van der Waals surface area contributed by atoms with Crippen molar-refractivity contribution in [3.63, 3.8) is 0 Å². The van der Waals surface area contributed by atoms with Crippen LogP contribution < -0.4 is 4.90 Å². The highest BCUT2D eigenvalue weighted by atomic mass is 15.1. The zero-order valence-electron chi connectivity index (χ0n) is 20.5. The van der Waals surface area contributed by atoms with Crippen LogP contribution in [0.2, 0.25) is 0 Å². The molecule has 0 N–H and O–H groups in total. The van der Waals surface area contributed by atoms with E-state index in [4.69, 9.17) is 0 Å². The van der Waals surface area contributed by atoms with Crippen molar-refractivity contribution in [1.29, 1.82) is 0 Å². The molecule has 0 spiro atoms. The molecule has 0 amide bonds. The molecular weight excluding hydrogens is 422 g/mol. The molecular formula is C34H29N. The second kappa shape index (κ2) is 8.29. The molecule has 6 rings (SSSR count). The third kappa shape index (κ3) is 3.56. The third-order valence-electron chi connectivity index (χ3n) is 7.53. The van der Waals surface area contributed by atoms with E-state index in [1.807, 2.05) is 0 Å². The number of hydrogen-bond acceptors (Lipinski definition) is 1. The fourth-order valence-electron chi connectivity index (χ4n) is 5.52. The highest BCUT2D eigenvalue weighted by Crippen LogP contribution is 2.52. The van der Waals surface area contributed by atoms with Crippen molar-refractivity contribution in [1.82, 2.24) is 0 Å². The first-order chi connectivity index (χ1) is 17.0. The van der Waals surface area contributed by atoms with Gasteiger partial charge >= 0.3 is 0 Å². The van der Waals surface area contributed by atoms with Crippen molar-refractivity contribution < 1.29 is 0 Å². The Morgan fingerprint density at radius 3 is 1.66 bits per heavy atom. The second-order valence-corrected chi connectivity index (χ2v) is 9.92. The topological polar surface area (TPSA) is 3.24 Å². The molecule has 0 unspecified atom stereocenters. The standard InChI is InChI=1S/C34H29N/c1-34(2)30-13-8-7-12-29(30)33-31(34)14-9-15-32(33)35(3)28-22-20-27(21-23-28)26-18-16-25(17-19-26)24-10-5-4-6-11-24/h4-23H,1-3H3. The van der Waals surface area contributed by atoms with E-state index in [1.165, 1.54) is 55.9 Å². The smallest absolute Gasteiger partial charge is 0.0491 e. The van der Waals surface area contributed by atoms with Crippen molar-refractivity contribution in [2.45, 2.75) is 19.3 Å². The summed E-state index contributed by atoms with van der Waals surface area (Å²) < 4.78 is 0. The first-order valence-corrected chi connectivity index (χ1v) is 12.3. The Labute approximate surface area is 208 Å². The monoisotopic (exact) mass is 451 g/mol. The van der Waals surface area contributed by atoms with Gasteiger partial charge in [-0.05, 0) is 57.1 Å². The highest BCUT2D eigenvalue weighted by Gasteiger charge is 2.36. The van der Waals surface area contributed by atoms with Gasteiger partial charge in [0.05, 0.1) is 0 Å². The second-order valence-electron chi connectivity index (χ2n) is 9.92. The summed E-state index contributed by atoms with van der Waals surface area (Å²) >= 11 is 0. The third-order valence-corrected chi connectivity index (χ3v) is 7.53. The molecule has 0 radical (unpaired) electrons. The van der Waals surface area contributed by atoms with Crippen LogP contribution in [0.3, 0.4) is 0 Å². The van der Waals surface area contributed by atoms with Gasteiger partial charge in [-0.1, -0.05) is 117 Å². The molecule has 1 aliphatic carbocycles. The average Bonchev–Trinajstić information content (AvgIpc) is 3.16. The maximum atomic E-state index is 2.33. The van der Waals surface area contributed by atoms with Gasteiger partial charge in [0.2, 0.25) is 0 Å². The molecule has 0 bridgehead atoms. The molecule has 0 heterocycles. The number of hydrogen-bond donors (Lipinski definition) is 0. The maximum Gasteiger partial charge on any atom is 0.0491 e. The van der Waals surface area contributed by atoms with Crippen LogP contribution in [0.25, 0.3) is 33.4 Å². The van der Waals surface area contributed by atoms with Gasteiger partial charge in [0.1, 0.15) is 0 Å². The first-order valence-electron chi connectivity index (χ1n) is 12.3. The summed E-state index contributed by atoms with van der Waals surface area (Å²) in [5, 5.41) is 0. The zero-order chi connectivity index (χ0) is 24.0. The summed E-state index contributed by atoms with van der Waals surface area (Å²) in [5.41, 5.74) is 12.9. The molecule has 1 aliphatic rings. The van der Waals surface area contributed by atoms with E-state index < -0.39 is 0 Å². The Morgan fingerprint density at radius 2 is 1.00 bits per heavy atom. The Morgan fingerprint density at radius 1 is 0.486 bits per heavy atom. The van der Waals surface area contributed by atoms with E-state index in [2.05, 4.69) is 147 Å². The van der Waals surface area contributed by atoms with E-state index in [9.17, 15) is 0 Å². The number of fused-ring (bicyclic) bond motifs is 3. The Balaban J connectivity index is 1.32. The lowest BCUT2D eigenvalue weighted by Crippen LogP contribution is -2.15. The van der Waals surface area contributed by atoms with Crippen molar-refractivity contribution in [3.05, 3.63) is 132 Å². The van der Waals surface area contributed by atoms with Gasteiger partial charge in [0, 0.05) is 29.4 Å². The van der Waals surface area contributed by atoms with Crippen LogP contribution in [-0.4, -0.2) is 7.05 Å². The fraction of sp³-hybridized carbons (Fsp3) is 0.118. The molecule has 5 aromatic rings. The first kappa shape index (κ1) is 21.4. The van der Waals surface area contributed by atoms with E-state index in [0.717, 1.165) is 0 Å². The lowest BCUT2D eigenvalue weighted by atomic mass is 9.82. The number of benzene rings is 5. The molecule has 0 fully saturated rings. The van der Waals surface area contributed by atoms with Crippen LogP contribution >= 0.6 is 0 Å². The quantitative estimate of drug-likeness (QED) is 0.263. The van der Waals surface area contributed by atoms with Crippen LogP contribution in [0.5, 0.6) is 0 Å². The predicted molar refractivity (Wildman–Crippen MR) is 149 cm³/mol. The van der Waals surface area contributed by atoms with Gasteiger partial charge in [0.15, 0.2) is 0 Å². The van der Waals surface area contributed by atoms with E-state index in [1.54, 1.807) is 0 Å². The zero-order valence-corrected chi connectivity index (χ0v) is 20.5. The van der Waals surface area contributed by atoms with Crippen molar-refractivity contribution >= 4 is 11.4 Å². The van der Waals surface area contributed by atoms with Gasteiger partial charge in [-0.25, -0.2) is 0 Å². The normalized spacial score (nSPS) is 13.2. The van der Waals surface area contributed by atoms with Gasteiger partial charge in [-0.3, -0.25) is 0 Å². The minimum Gasteiger partial charge on any atom is -0.344 e. The van der Waals surface area contributed by atoms with Gasteiger partial charge in [0.25, 0.3) is 0 Å². The van der Waals surface area contributed by atoms with Crippen LogP contribution in [0.4, 0.5) is 11.4 Å². The summed E-state index contributed by atoms with van der Waals surface area (Å²) in [5.74, 6) is 0. The van der Waals surface area contributed by atoms with Gasteiger partial charge in [-0.2, -0.15) is 0 Å². The molecule has 0 aromatic heterocycles. The minimum atomic E-state index is 0.0124. The Bertz CT molecular complexity index is 1490. The van der Waals surface area contributed by atoms with Crippen LogP contribution in [0, 0.1) is 0 Å². The Hall–Kier alpha value is -4.10. The predicted octanol–water partition coefficient (Wildman–Crippen LogP) is 9.09. The average molecular weight is 452 g/mol. The molecule has 0 saturated carbocycles. The van der Waals surface area contributed by atoms with Crippen LogP contribution in [0.1, 0.15) is 25.0 Å². The molecule has 5 aromatic carbocycles. The number of nitrogens with zero attached hydrogens (tertiary/aromatic N) is 1. The number of anilines is 2. The van der Waals surface area contributed by atoms with E-state index in [0.29, 0.717) is 0 Å². The van der Waals surface area contributed by atoms with Crippen LogP contribution in [0.15, 0.2) is 121 Å². The molecule has 0 aliphatic heterocycles. The SMILES string of the molecule is CN(c1ccc(-c2ccc(-c3ccccc3)cc2)cc1)c1cccc2c1-c1ccccc1C2(C)C. The lowest BCUT2D eigenvalue weighted by molar-refractivity contribution is 0.660. The summed E-state index contributed by atoms with van der Waals surface area (Å²) in [6.45, 7) is 4.67. The van der Waals surface area contributed by atoms with E-state index >= 15 is 0 Å². The van der Waals surface area contributed by atoms with Gasteiger partial charge < -0.3 is 4.90 Å². The molecule has 1 nitrogen and oxygen atoms in total. The minimum absolute atomic E-state index is 0.0124. The van der Waals surface area contributed by atoms with E-state index in [-0.39, 0.29) is 5.41 Å². The van der Waals surface area contributed by atoms with Crippen molar-refractivity contribution in [2.24, 2.45) is 0 Å². The molecule has 170 valence electrons. The molecule has 35 heavy (non-hydrogen) atoms. The van der Waals surface area contributed by atoms with Crippen LogP contribution in [-0.2, 0) is 5.41 Å². The number of rotatable bonds is 4. The summed E-state index contributed by atoms with van der Waals surface area (Å²) in [6.07, 6.45) is 0. The Kier molecular flexibility index (Phi) is 5.07. The summed E-state index contributed by atoms with van der Waals surface area (Å²) in [7, 11) is 2.17. The molecule has 0 saturated heterocycles. The van der Waals surface area contributed by atoms with Crippen molar-refractivity contribution in [2.75, 3.05) is 11.9 Å². The summed E-state index contributed by atoms with van der Waals surface area (Å²) in [4.78, 5) is 2.32. The van der Waals surface area contributed by atoms with Gasteiger partial charge in [-0.15, -0.1) is 0 Å². The largest absolute Gasteiger partial charge is 0.344 e. The van der Waals surface area contributed by atoms with Crippen molar-refractivity contribution in [3.8, 4) is 33.4 Å². The maximum absolute atomic E-state index is 2.33. The molecule has 0 atom stereocenters.